The number of aryl methyl sites for hydroxylation is 1. The van der Waals surface area contributed by atoms with Gasteiger partial charge in [0, 0.05) is 14.0 Å². The van der Waals surface area contributed by atoms with Gasteiger partial charge in [0.2, 0.25) is 0 Å². The summed E-state index contributed by atoms with van der Waals surface area (Å²) < 4.78 is 1.55. The second-order valence-electron chi connectivity index (χ2n) is 4.01. The minimum Gasteiger partial charge on any atom is -0.321 e. The highest BCUT2D eigenvalue weighted by Crippen LogP contribution is 2.27. The van der Waals surface area contributed by atoms with Crippen LogP contribution in [0.2, 0.25) is 5.02 Å². The smallest absolute Gasteiger partial charge is 0.256 e. The van der Waals surface area contributed by atoms with E-state index in [9.17, 15) is 4.79 Å². The summed E-state index contributed by atoms with van der Waals surface area (Å²) in [7, 11) is 0. The van der Waals surface area contributed by atoms with Gasteiger partial charge in [-0.3, -0.25) is 4.79 Å². The van der Waals surface area contributed by atoms with Crippen molar-refractivity contribution in [1.82, 2.24) is 0 Å². The van der Waals surface area contributed by atoms with Crippen LogP contribution in [0.3, 0.4) is 0 Å². The number of hydrogen-bond acceptors (Lipinski definition) is 1. The Bertz CT molecular complexity index is 643. The summed E-state index contributed by atoms with van der Waals surface area (Å²) >= 11 is 12.7. The monoisotopic (exact) mass is 401 g/mol. The number of rotatable bonds is 2. The molecule has 2 aromatic rings. The molecule has 1 amide bonds. The average Bonchev–Trinajstić information content (AvgIpc) is 2.34. The van der Waals surface area contributed by atoms with Crippen LogP contribution in [0.15, 0.2) is 45.3 Å². The fourth-order valence-electron chi connectivity index (χ4n) is 1.61. The van der Waals surface area contributed by atoms with Gasteiger partial charge in [-0.2, -0.15) is 0 Å². The Hall–Kier alpha value is -0.840. The van der Waals surface area contributed by atoms with Crippen molar-refractivity contribution in [2.75, 3.05) is 5.32 Å². The van der Waals surface area contributed by atoms with Crippen molar-refractivity contribution in [2.24, 2.45) is 0 Å². The van der Waals surface area contributed by atoms with Crippen molar-refractivity contribution < 1.29 is 4.79 Å². The number of carbonyl (C=O) groups is 1. The lowest BCUT2D eigenvalue weighted by molar-refractivity contribution is 0.102. The second-order valence-corrected chi connectivity index (χ2v) is 6.10. The topological polar surface area (TPSA) is 29.1 Å². The van der Waals surface area contributed by atoms with Crippen LogP contribution in [0, 0.1) is 6.92 Å². The standard InChI is InChI=1S/C14H10Br2ClNO/c1-8-3-2-4-12(13(8)16)18-14(19)10-6-5-9(17)7-11(10)15/h2-7H,1H3,(H,18,19). The van der Waals surface area contributed by atoms with E-state index >= 15 is 0 Å². The predicted octanol–water partition coefficient (Wildman–Crippen LogP) is 5.43. The van der Waals surface area contributed by atoms with Gasteiger partial charge < -0.3 is 5.32 Å². The van der Waals surface area contributed by atoms with Gasteiger partial charge in [-0.1, -0.05) is 23.7 Å². The maximum atomic E-state index is 12.2. The lowest BCUT2D eigenvalue weighted by atomic mass is 10.2. The van der Waals surface area contributed by atoms with Crippen molar-refractivity contribution >= 4 is 55.1 Å². The Kier molecular flexibility index (Phi) is 4.66. The fraction of sp³-hybridized carbons (Fsp3) is 0.0714. The van der Waals surface area contributed by atoms with Gasteiger partial charge in [0.25, 0.3) is 5.91 Å². The molecule has 0 aromatic heterocycles. The lowest BCUT2D eigenvalue weighted by Crippen LogP contribution is -2.13. The molecule has 0 spiro atoms. The van der Waals surface area contributed by atoms with Crippen LogP contribution in [-0.2, 0) is 0 Å². The third kappa shape index (κ3) is 3.38. The zero-order valence-electron chi connectivity index (χ0n) is 10.0. The molecule has 0 radical (unpaired) electrons. The van der Waals surface area contributed by atoms with Crippen LogP contribution < -0.4 is 5.32 Å². The normalized spacial score (nSPS) is 10.3. The van der Waals surface area contributed by atoms with E-state index < -0.39 is 0 Å². The molecule has 0 unspecified atom stereocenters. The molecule has 19 heavy (non-hydrogen) atoms. The first-order valence-corrected chi connectivity index (χ1v) is 7.47. The molecule has 0 aliphatic heterocycles. The van der Waals surface area contributed by atoms with Crippen LogP contribution in [0.1, 0.15) is 15.9 Å². The summed E-state index contributed by atoms with van der Waals surface area (Å²) in [5, 5.41) is 3.45. The number of benzene rings is 2. The Morgan fingerprint density at radius 2 is 1.95 bits per heavy atom. The molecule has 0 saturated carbocycles. The highest BCUT2D eigenvalue weighted by molar-refractivity contribution is 9.11. The number of halogens is 3. The highest BCUT2D eigenvalue weighted by atomic mass is 79.9. The maximum absolute atomic E-state index is 12.2. The molecule has 0 fully saturated rings. The van der Waals surface area contributed by atoms with Gasteiger partial charge >= 0.3 is 0 Å². The molecule has 0 atom stereocenters. The van der Waals surface area contributed by atoms with Gasteiger partial charge in [-0.25, -0.2) is 0 Å². The molecule has 2 rings (SSSR count). The first-order chi connectivity index (χ1) is 8.99. The molecule has 2 nitrogen and oxygen atoms in total. The highest BCUT2D eigenvalue weighted by Gasteiger charge is 2.12. The SMILES string of the molecule is Cc1cccc(NC(=O)c2ccc(Cl)cc2Br)c1Br. The summed E-state index contributed by atoms with van der Waals surface area (Å²) in [6, 6.07) is 10.8. The van der Waals surface area contributed by atoms with E-state index in [1.54, 1.807) is 18.2 Å². The van der Waals surface area contributed by atoms with E-state index in [0.29, 0.717) is 15.1 Å². The Morgan fingerprint density at radius 1 is 1.21 bits per heavy atom. The van der Waals surface area contributed by atoms with Crippen LogP contribution in [-0.4, -0.2) is 5.91 Å². The van der Waals surface area contributed by atoms with Crippen LogP contribution >= 0.6 is 43.5 Å². The molecule has 0 aliphatic rings. The third-order valence-electron chi connectivity index (χ3n) is 2.62. The van der Waals surface area contributed by atoms with E-state index in [0.717, 1.165) is 15.7 Å². The fourth-order valence-corrected chi connectivity index (χ4v) is 2.83. The summed E-state index contributed by atoms with van der Waals surface area (Å²) in [5.74, 6) is -0.185. The molecule has 5 heteroatoms. The van der Waals surface area contributed by atoms with Gasteiger partial charge in [0.05, 0.1) is 11.3 Å². The molecule has 0 saturated heterocycles. The molecular formula is C14H10Br2ClNO. The number of amides is 1. The van der Waals surface area contributed by atoms with Gasteiger partial charge in [0.1, 0.15) is 0 Å². The Labute approximate surface area is 133 Å². The van der Waals surface area contributed by atoms with Gasteiger partial charge in [0.15, 0.2) is 0 Å². The number of anilines is 1. The minimum absolute atomic E-state index is 0.185. The van der Waals surface area contributed by atoms with Gasteiger partial charge in [-0.15, -0.1) is 0 Å². The Morgan fingerprint density at radius 3 is 2.63 bits per heavy atom. The Balaban J connectivity index is 2.28. The van der Waals surface area contributed by atoms with E-state index in [1.165, 1.54) is 0 Å². The van der Waals surface area contributed by atoms with Crippen molar-refractivity contribution in [2.45, 2.75) is 6.92 Å². The number of hydrogen-bond donors (Lipinski definition) is 1. The first kappa shape index (κ1) is 14.6. The lowest BCUT2D eigenvalue weighted by Gasteiger charge is -2.10. The molecule has 0 aliphatic carbocycles. The minimum atomic E-state index is -0.185. The summed E-state index contributed by atoms with van der Waals surface area (Å²) in [6.45, 7) is 1.97. The summed E-state index contributed by atoms with van der Waals surface area (Å²) in [6.07, 6.45) is 0. The summed E-state index contributed by atoms with van der Waals surface area (Å²) in [5.41, 5.74) is 2.35. The van der Waals surface area contributed by atoms with Crippen LogP contribution in [0.5, 0.6) is 0 Å². The van der Waals surface area contributed by atoms with Crippen molar-refractivity contribution in [1.29, 1.82) is 0 Å². The van der Waals surface area contributed by atoms with Crippen LogP contribution in [0.25, 0.3) is 0 Å². The van der Waals surface area contributed by atoms with Crippen molar-refractivity contribution in [3.05, 3.63) is 61.5 Å². The molecule has 0 bridgehead atoms. The molecule has 2 aromatic carbocycles. The number of nitrogens with one attached hydrogen (secondary N) is 1. The number of carbonyl (C=O) groups excluding carboxylic acids is 1. The van der Waals surface area contributed by atoms with E-state index in [2.05, 4.69) is 37.2 Å². The average molecular weight is 404 g/mol. The molecule has 0 heterocycles. The maximum Gasteiger partial charge on any atom is 0.256 e. The zero-order chi connectivity index (χ0) is 14.0. The van der Waals surface area contributed by atoms with E-state index in [1.807, 2.05) is 25.1 Å². The molecule has 98 valence electrons. The van der Waals surface area contributed by atoms with Crippen LogP contribution in [0.4, 0.5) is 5.69 Å². The third-order valence-corrected chi connectivity index (χ3v) is 4.56. The van der Waals surface area contributed by atoms with E-state index in [-0.39, 0.29) is 5.91 Å². The quantitative estimate of drug-likeness (QED) is 0.712. The molecule has 1 N–H and O–H groups in total. The first-order valence-electron chi connectivity index (χ1n) is 5.50. The van der Waals surface area contributed by atoms with Gasteiger partial charge in [-0.05, 0) is 68.6 Å². The van der Waals surface area contributed by atoms with E-state index in [4.69, 9.17) is 11.6 Å². The summed E-state index contributed by atoms with van der Waals surface area (Å²) in [4.78, 5) is 12.2. The predicted molar refractivity (Wildman–Crippen MR) is 86.0 cm³/mol. The largest absolute Gasteiger partial charge is 0.321 e. The van der Waals surface area contributed by atoms with Crippen molar-refractivity contribution in [3.8, 4) is 0 Å². The second kappa shape index (κ2) is 6.07. The molecular weight excluding hydrogens is 393 g/mol. The van der Waals surface area contributed by atoms with Crippen molar-refractivity contribution in [3.63, 3.8) is 0 Å². The zero-order valence-corrected chi connectivity index (χ0v) is 13.9.